The summed E-state index contributed by atoms with van der Waals surface area (Å²) in [5, 5.41) is 3.47. The predicted molar refractivity (Wildman–Crippen MR) is 115 cm³/mol. The second kappa shape index (κ2) is 8.11. The fraction of sp³-hybridized carbons (Fsp3) is 0.409. The number of aromatic nitrogens is 3. The van der Waals surface area contributed by atoms with E-state index in [1.54, 1.807) is 14.2 Å². The summed E-state index contributed by atoms with van der Waals surface area (Å²) in [6.07, 6.45) is 1.11. The number of ether oxygens (including phenoxy) is 2. The summed E-state index contributed by atoms with van der Waals surface area (Å²) in [7, 11) is 3.26. The van der Waals surface area contributed by atoms with E-state index < -0.39 is 0 Å². The highest BCUT2D eigenvalue weighted by Crippen LogP contribution is 2.33. The van der Waals surface area contributed by atoms with E-state index in [1.165, 1.54) is 0 Å². The molecule has 1 saturated heterocycles. The number of nitrogens with one attached hydrogen (secondary N) is 1. The molecule has 7 heteroatoms. The number of rotatable bonds is 6. The lowest BCUT2D eigenvalue weighted by molar-refractivity contribution is 0.355. The Hall–Kier alpha value is -3.09. The van der Waals surface area contributed by atoms with E-state index >= 15 is 0 Å². The van der Waals surface area contributed by atoms with Gasteiger partial charge in [0, 0.05) is 37.5 Å². The molecule has 152 valence electrons. The number of fused-ring (bicyclic) bond motifs is 1. The van der Waals surface area contributed by atoms with Crippen molar-refractivity contribution in [2.75, 3.05) is 44.1 Å². The highest BCUT2D eigenvalue weighted by atomic mass is 16.5. The van der Waals surface area contributed by atoms with E-state index in [0.717, 1.165) is 60.1 Å². The third-order valence-electron chi connectivity index (χ3n) is 5.36. The van der Waals surface area contributed by atoms with Gasteiger partial charge in [0.15, 0.2) is 17.3 Å². The number of hydrogen-bond donors (Lipinski definition) is 1. The van der Waals surface area contributed by atoms with Gasteiger partial charge in [-0.3, -0.25) is 0 Å². The monoisotopic (exact) mass is 393 g/mol. The van der Waals surface area contributed by atoms with Crippen LogP contribution < -0.4 is 19.7 Å². The minimum Gasteiger partial charge on any atom is -0.493 e. The van der Waals surface area contributed by atoms with Crippen molar-refractivity contribution in [2.24, 2.45) is 5.92 Å². The Morgan fingerprint density at radius 1 is 1.03 bits per heavy atom. The number of benzene rings is 1. The maximum absolute atomic E-state index is 5.42. The molecule has 1 aliphatic rings. The molecular formula is C22H27N5O2. The number of hydrogen-bond acceptors (Lipinski definition) is 7. The first-order chi connectivity index (χ1) is 14.1. The summed E-state index contributed by atoms with van der Waals surface area (Å²) >= 11 is 0. The quantitative estimate of drug-likeness (QED) is 0.686. The van der Waals surface area contributed by atoms with Gasteiger partial charge >= 0.3 is 0 Å². The Morgan fingerprint density at radius 2 is 1.76 bits per heavy atom. The predicted octanol–water partition coefficient (Wildman–Crippen LogP) is 3.60. The van der Waals surface area contributed by atoms with Gasteiger partial charge in [-0.25, -0.2) is 15.0 Å². The number of anilines is 2. The fourth-order valence-electron chi connectivity index (χ4n) is 3.84. The van der Waals surface area contributed by atoms with E-state index in [9.17, 15) is 0 Å². The van der Waals surface area contributed by atoms with Gasteiger partial charge in [-0.1, -0.05) is 6.07 Å². The maximum Gasteiger partial charge on any atom is 0.163 e. The summed E-state index contributed by atoms with van der Waals surface area (Å²) in [6, 6.07) is 9.82. The molecule has 1 aliphatic heterocycles. The molecule has 2 aromatic heterocycles. The Balaban J connectivity index is 1.50. The first kappa shape index (κ1) is 19.2. The zero-order chi connectivity index (χ0) is 20.4. The molecule has 1 N–H and O–H groups in total. The number of pyridine rings is 1. The molecule has 4 rings (SSSR count). The third-order valence-corrected chi connectivity index (χ3v) is 5.36. The van der Waals surface area contributed by atoms with Crippen LogP contribution in [0.1, 0.15) is 17.8 Å². The fourth-order valence-corrected chi connectivity index (χ4v) is 3.84. The Kier molecular flexibility index (Phi) is 5.38. The van der Waals surface area contributed by atoms with Gasteiger partial charge in [0.2, 0.25) is 0 Å². The molecule has 0 spiro atoms. The zero-order valence-corrected chi connectivity index (χ0v) is 17.4. The summed E-state index contributed by atoms with van der Waals surface area (Å²) < 4.78 is 10.8. The molecule has 0 radical (unpaired) electrons. The summed E-state index contributed by atoms with van der Waals surface area (Å²) in [5.41, 5.74) is 3.58. The first-order valence-electron chi connectivity index (χ1n) is 9.90. The van der Waals surface area contributed by atoms with E-state index in [-0.39, 0.29) is 0 Å². The van der Waals surface area contributed by atoms with E-state index in [1.807, 2.05) is 44.2 Å². The second-order valence-corrected chi connectivity index (χ2v) is 7.47. The highest BCUT2D eigenvalue weighted by Gasteiger charge is 2.25. The summed E-state index contributed by atoms with van der Waals surface area (Å²) in [4.78, 5) is 16.5. The van der Waals surface area contributed by atoms with Crippen LogP contribution in [0.25, 0.3) is 11.0 Å². The van der Waals surface area contributed by atoms with Crippen LogP contribution in [0, 0.1) is 19.8 Å². The van der Waals surface area contributed by atoms with E-state index in [0.29, 0.717) is 17.4 Å². The van der Waals surface area contributed by atoms with Crippen LogP contribution in [0.2, 0.25) is 0 Å². The first-order valence-corrected chi connectivity index (χ1v) is 9.90. The van der Waals surface area contributed by atoms with Gasteiger partial charge in [-0.15, -0.1) is 0 Å². The maximum atomic E-state index is 5.42. The lowest BCUT2D eigenvalue weighted by Gasteiger charge is -2.20. The zero-order valence-electron chi connectivity index (χ0n) is 17.4. The molecule has 0 unspecified atom stereocenters. The minimum absolute atomic E-state index is 0.541. The third kappa shape index (κ3) is 4.04. The number of methoxy groups -OCH3 is 2. The molecule has 0 amide bonds. The number of aryl methyl sites for hydroxylation is 2. The van der Waals surface area contributed by atoms with Crippen molar-refractivity contribution in [1.82, 2.24) is 15.0 Å². The van der Waals surface area contributed by atoms with Crippen molar-refractivity contribution in [2.45, 2.75) is 20.3 Å². The van der Waals surface area contributed by atoms with Crippen LogP contribution in [0.4, 0.5) is 11.6 Å². The van der Waals surface area contributed by atoms with Crippen LogP contribution in [0.15, 0.2) is 30.3 Å². The van der Waals surface area contributed by atoms with Crippen LogP contribution in [-0.2, 0) is 0 Å². The Morgan fingerprint density at radius 3 is 2.45 bits per heavy atom. The van der Waals surface area contributed by atoms with Gasteiger partial charge < -0.3 is 19.7 Å². The average Bonchev–Trinajstić information content (AvgIpc) is 3.19. The molecule has 1 atom stereocenters. The van der Waals surface area contributed by atoms with Crippen molar-refractivity contribution < 1.29 is 9.47 Å². The van der Waals surface area contributed by atoms with Crippen molar-refractivity contribution >= 4 is 22.7 Å². The van der Waals surface area contributed by atoms with Crippen LogP contribution in [0.3, 0.4) is 0 Å². The molecule has 29 heavy (non-hydrogen) atoms. The Labute approximate surface area is 171 Å². The van der Waals surface area contributed by atoms with E-state index in [2.05, 4.69) is 15.2 Å². The number of nitrogens with zero attached hydrogens (tertiary/aromatic N) is 4. The van der Waals surface area contributed by atoms with Crippen molar-refractivity contribution in [1.29, 1.82) is 0 Å². The van der Waals surface area contributed by atoms with Gasteiger partial charge in [-0.2, -0.15) is 0 Å². The normalized spacial score (nSPS) is 16.3. The minimum atomic E-state index is 0.541. The van der Waals surface area contributed by atoms with Crippen LogP contribution in [-0.4, -0.2) is 48.8 Å². The van der Waals surface area contributed by atoms with Gasteiger partial charge in [0.25, 0.3) is 0 Å². The molecule has 3 aromatic rings. The lowest BCUT2D eigenvalue weighted by Crippen LogP contribution is -2.24. The lowest BCUT2D eigenvalue weighted by atomic mass is 10.1. The molecule has 0 aliphatic carbocycles. The molecule has 3 heterocycles. The Bertz CT molecular complexity index is 1020. The van der Waals surface area contributed by atoms with Gasteiger partial charge in [-0.05, 0) is 38.3 Å². The van der Waals surface area contributed by atoms with Crippen molar-refractivity contribution in [3.05, 3.63) is 41.7 Å². The van der Waals surface area contributed by atoms with E-state index in [4.69, 9.17) is 19.4 Å². The average molecular weight is 393 g/mol. The molecule has 0 bridgehead atoms. The van der Waals surface area contributed by atoms with Gasteiger partial charge in [0.05, 0.1) is 30.9 Å². The SMILES string of the molecule is COc1cc2nc(C)c(N3CC[C@H](CNc4cccc(C)n4)C3)nc2cc1OC. The van der Waals surface area contributed by atoms with Crippen LogP contribution in [0.5, 0.6) is 11.5 Å². The highest BCUT2D eigenvalue weighted by molar-refractivity contribution is 5.81. The van der Waals surface area contributed by atoms with Crippen molar-refractivity contribution in [3.8, 4) is 11.5 Å². The molecule has 0 saturated carbocycles. The largest absolute Gasteiger partial charge is 0.493 e. The second-order valence-electron chi connectivity index (χ2n) is 7.47. The van der Waals surface area contributed by atoms with Crippen molar-refractivity contribution in [3.63, 3.8) is 0 Å². The molecule has 1 fully saturated rings. The molecule has 7 nitrogen and oxygen atoms in total. The summed E-state index contributed by atoms with van der Waals surface area (Å²) in [5.74, 6) is 3.75. The smallest absolute Gasteiger partial charge is 0.163 e. The molecule has 1 aromatic carbocycles. The van der Waals surface area contributed by atoms with Crippen LogP contribution >= 0.6 is 0 Å². The topological polar surface area (TPSA) is 72.4 Å². The standard InChI is InChI=1S/C22H27N5O2/c1-14-6-5-7-21(24-14)23-12-16-8-9-27(13-16)22-15(2)25-17-10-19(28-3)20(29-4)11-18(17)26-22/h5-7,10-11,16H,8-9,12-13H2,1-4H3,(H,23,24)/t16-/m1/s1. The summed E-state index contributed by atoms with van der Waals surface area (Å²) in [6.45, 7) is 6.85. The van der Waals surface area contributed by atoms with Gasteiger partial charge in [0.1, 0.15) is 5.82 Å². The molecular weight excluding hydrogens is 366 g/mol.